The van der Waals surface area contributed by atoms with E-state index < -0.39 is 5.97 Å². The van der Waals surface area contributed by atoms with Crippen LogP contribution in [0.4, 0.5) is 0 Å². The van der Waals surface area contributed by atoms with Gasteiger partial charge in [-0.3, -0.25) is 0 Å². The van der Waals surface area contributed by atoms with Crippen molar-refractivity contribution in [1.29, 1.82) is 0 Å². The first kappa shape index (κ1) is 14.2. The van der Waals surface area contributed by atoms with E-state index in [0.29, 0.717) is 6.54 Å². The van der Waals surface area contributed by atoms with E-state index in [4.69, 9.17) is 5.11 Å². The molecule has 1 aromatic carbocycles. The molecule has 1 heterocycles. The molecule has 0 aliphatic heterocycles. The number of hydrogen-bond donors (Lipinski definition) is 1. The summed E-state index contributed by atoms with van der Waals surface area (Å²) in [5.41, 5.74) is 2.17. The van der Waals surface area contributed by atoms with E-state index in [1.54, 1.807) is 6.07 Å². The van der Waals surface area contributed by atoms with Crippen molar-refractivity contribution in [3.63, 3.8) is 0 Å². The lowest BCUT2D eigenvalue weighted by Crippen LogP contribution is -2.21. The molecule has 0 aliphatic rings. The number of benzene rings is 1. The molecule has 4 nitrogen and oxygen atoms in total. The fourth-order valence-corrected chi connectivity index (χ4v) is 2.01. The van der Waals surface area contributed by atoms with Crippen LogP contribution in [-0.2, 0) is 13.0 Å². The van der Waals surface area contributed by atoms with Crippen LogP contribution in [0.25, 0.3) is 0 Å². The monoisotopic (exact) mass is 270 g/mol. The molecule has 0 fully saturated rings. The summed E-state index contributed by atoms with van der Waals surface area (Å²) in [4.78, 5) is 17.1. The zero-order valence-electron chi connectivity index (χ0n) is 11.5. The maximum atomic E-state index is 10.9. The van der Waals surface area contributed by atoms with Gasteiger partial charge in [-0.25, -0.2) is 9.78 Å². The molecule has 0 unspecified atom stereocenters. The van der Waals surface area contributed by atoms with Gasteiger partial charge in [-0.05, 0) is 31.2 Å². The maximum Gasteiger partial charge on any atom is 0.354 e. The molecule has 2 rings (SSSR count). The van der Waals surface area contributed by atoms with Gasteiger partial charge in [0.05, 0.1) is 5.69 Å². The molecular weight excluding hydrogens is 252 g/mol. The minimum atomic E-state index is -0.987. The fraction of sp³-hybridized carbons (Fsp3) is 0.250. The third-order valence-corrected chi connectivity index (χ3v) is 3.08. The Balaban J connectivity index is 1.89. The summed E-state index contributed by atoms with van der Waals surface area (Å²) in [5.74, 6) is -0.987. The predicted molar refractivity (Wildman–Crippen MR) is 77.7 cm³/mol. The fourth-order valence-electron chi connectivity index (χ4n) is 2.01. The molecule has 1 aromatic heterocycles. The topological polar surface area (TPSA) is 53.4 Å². The lowest BCUT2D eigenvalue weighted by Gasteiger charge is -2.16. The SMILES string of the molecule is CN(CCc1ccccc1)Cc1cccc(C(=O)O)n1. The Morgan fingerprint density at radius 3 is 2.60 bits per heavy atom. The minimum Gasteiger partial charge on any atom is -0.477 e. The quantitative estimate of drug-likeness (QED) is 0.876. The van der Waals surface area contributed by atoms with Crippen molar-refractivity contribution in [1.82, 2.24) is 9.88 Å². The molecule has 0 bridgehead atoms. The van der Waals surface area contributed by atoms with Crippen LogP contribution in [0.15, 0.2) is 48.5 Å². The molecule has 0 saturated heterocycles. The molecular formula is C16H18N2O2. The van der Waals surface area contributed by atoms with E-state index in [2.05, 4.69) is 22.0 Å². The number of pyridine rings is 1. The van der Waals surface area contributed by atoms with Crippen molar-refractivity contribution in [2.45, 2.75) is 13.0 Å². The zero-order chi connectivity index (χ0) is 14.4. The van der Waals surface area contributed by atoms with Crippen LogP contribution in [0.3, 0.4) is 0 Å². The van der Waals surface area contributed by atoms with Gasteiger partial charge in [0.1, 0.15) is 5.69 Å². The first-order valence-corrected chi connectivity index (χ1v) is 6.57. The van der Waals surface area contributed by atoms with E-state index in [0.717, 1.165) is 18.7 Å². The third-order valence-electron chi connectivity index (χ3n) is 3.08. The van der Waals surface area contributed by atoms with Crippen LogP contribution < -0.4 is 0 Å². The van der Waals surface area contributed by atoms with Gasteiger partial charge in [0.2, 0.25) is 0 Å². The molecule has 104 valence electrons. The molecule has 0 atom stereocenters. The van der Waals surface area contributed by atoms with Gasteiger partial charge in [-0.1, -0.05) is 36.4 Å². The van der Waals surface area contributed by atoms with Crippen LogP contribution in [-0.4, -0.2) is 34.6 Å². The zero-order valence-corrected chi connectivity index (χ0v) is 11.5. The first-order chi connectivity index (χ1) is 9.65. The Labute approximate surface area is 118 Å². The highest BCUT2D eigenvalue weighted by atomic mass is 16.4. The van der Waals surface area contributed by atoms with Crippen molar-refractivity contribution in [3.05, 3.63) is 65.5 Å². The second-order valence-corrected chi connectivity index (χ2v) is 4.79. The van der Waals surface area contributed by atoms with Gasteiger partial charge in [-0.15, -0.1) is 0 Å². The molecule has 20 heavy (non-hydrogen) atoms. The number of carboxylic acid groups (broad SMARTS) is 1. The van der Waals surface area contributed by atoms with E-state index in [1.807, 2.05) is 31.3 Å². The summed E-state index contributed by atoms with van der Waals surface area (Å²) in [6.45, 7) is 1.55. The second kappa shape index (κ2) is 6.82. The van der Waals surface area contributed by atoms with E-state index in [9.17, 15) is 4.79 Å². The van der Waals surface area contributed by atoms with Crippen molar-refractivity contribution in [3.8, 4) is 0 Å². The van der Waals surface area contributed by atoms with Crippen LogP contribution in [0.1, 0.15) is 21.7 Å². The standard InChI is InChI=1S/C16H18N2O2/c1-18(11-10-13-6-3-2-4-7-13)12-14-8-5-9-15(17-14)16(19)20/h2-9H,10-12H2,1H3,(H,19,20). The highest BCUT2D eigenvalue weighted by molar-refractivity contribution is 5.85. The molecule has 0 amide bonds. The van der Waals surface area contributed by atoms with Crippen LogP contribution in [0, 0.1) is 0 Å². The molecule has 0 spiro atoms. The van der Waals surface area contributed by atoms with Crippen LogP contribution in [0.2, 0.25) is 0 Å². The maximum absolute atomic E-state index is 10.9. The summed E-state index contributed by atoms with van der Waals surface area (Å²) >= 11 is 0. The number of nitrogens with zero attached hydrogens (tertiary/aromatic N) is 2. The number of carboxylic acids is 1. The van der Waals surface area contributed by atoms with Gasteiger partial charge < -0.3 is 10.0 Å². The average molecular weight is 270 g/mol. The van der Waals surface area contributed by atoms with Crippen molar-refractivity contribution >= 4 is 5.97 Å². The minimum absolute atomic E-state index is 0.0963. The summed E-state index contributed by atoms with van der Waals surface area (Å²) in [6.07, 6.45) is 0.968. The Bertz CT molecular complexity index is 570. The molecule has 2 aromatic rings. The Kier molecular flexibility index (Phi) is 4.85. The lowest BCUT2D eigenvalue weighted by atomic mass is 10.1. The van der Waals surface area contributed by atoms with Gasteiger partial charge in [0.15, 0.2) is 0 Å². The lowest BCUT2D eigenvalue weighted by molar-refractivity contribution is 0.0690. The Morgan fingerprint density at radius 2 is 1.90 bits per heavy atom. The smallest absolute Gasteiger partial charge is 0.354 e. The Hall–Kier alpha value is -2.20. The molecule has 4 heteroatoms. The van der Waals surface area contributed by atoms with Gasteiger partial charge in [-0.2, -0.15) is 0 Å². The normalized spacial score (nSPS) is 10.7. The molecule has 0 radical (unpaired) electrons. The Morgan fingerprint density at radius 1 is 1.15 bits per heavy atom. The summed E-state index contributed by atoms with van der Waals surface area (Å²) in [6, 6.07) is 15.4. The van der Waals surface area contributed by atoms with E-state index in [1.165, 1.54) is 11.6 Å². The van der Waals surface area contributed by atoms with Crippen molar-refractivity contribution in [2.75, 3.05) is 13.6 Å². The summed E-state index contributed by atoms with van der Waals surface area (Å²) in [5, 5.41) is 8.92. The number of rotatable bonds is 6. The summed E-state index contributed by atoms with van der Waals surface area (Å²) < 4.78 is 0. The number of aromatic nitrogens is 1. The molecule has 0 saturated carbocycles. The number of carbonyl (C=O) groups is 1. The van der Waals surface area contributed by atoms with Gasteiger partial charge in [0, 0.05) is 13.1 Å². The largest absolute Gasteiger partial charge is 0.477 e. The number of aromatic carboxylic acids is 1. The third kappa shape index (κ3) is 4.17. The highest BCUT2D eigenvalue weighted by Gasteiger charge is 2.07. The molecule has 0 aliphatic carbocycles. The first-order valence-electron chi connectivity index (χ1n) is 6.57. The average Bonchev–Trinajstić information content (AvgIpc) is 2.46. The van der Waals surface area contributed by atoms with Crippen LogP contribution in [0.5, 0.6) is 0 Å². The van der Waals surface area contributed by atoms with Crippen molar-refractivity contribution < 1.29 is 9.90 Å². The van der Waals surface area contributed by atoms with Gasteiger partial charge >= 0.3 is 5.97 Å². The number of likely N-dealkylation sites (N-methyl/N-ethyl adjacent to an activating group) is 1. The highest BCUT2D eigenvalue weighted by Crippen LogP contribution is 2.05. The van der Waals surface area contributed by atoms with E-state index in [-0.39, 0.29) is 5.69 Å². The second-order valence-electron chi connectivity index (χ2n) is 4.79. The van der Waals surface area contributed by atoms with E-state index >= 15 is 0 Å². The van der Waals surface area contributed by atoms with Crippen molar-refractivity contribution in [2.24, 2.45) is 0 Å². The predicted octanol–water partition coefficient (Wildman–Crippen LogP) is 2.45. The molecule has 1 N–H and O–H groups in total. The number of hydrogen-bond acceptors (Lipinski definition) is 3. The van der Waals surface area contributed by atoms with Gasteiger partial charge in [0.25, 0.3) is 0 Å². The summed E-state index contributed by atoms with van der Waals surface area (Å²) in [7, 11) is 2.01. The van der Waals surface area contributed by atoms with Crippen LogP contribution >= 0.6 is 0 Å².